The summed E-state index contributed by atoms with van der Waals surface area (Å²) in [7, 11) is 0. The molecule has 1 aliphatic heterocycles. The molecule has 3 aromatic carbocycles. The van der Waals surface area contributed by atoms with Crippen molar-refractivity contribution in [1.29, 1.82) is 0 Å². The lowest BCUT2D eigenvalue weighted by Gasteiger charge is -2.44. The molecule has 0 amide bonds. The van der Waals surface area contributed by atoms with E-state index >= 15 is 0 Å². The highest BCUT2D eigenvalue weighted by Gasteiger charge is 2.45. The van der Waals surface area contributed by atoms with Crippen molar-refractivity contribution in [3.8, 4) is 5.75 Å². The molecule has 0 spiro atoms. The molecule has 0 radical (unpaired) electrons. The zero-order valence-corrected chi connectivity index (χ0v) is 19.7. The summed E-state index contributed by atoms with van der Waals surface area (Å²) in [5.74, 6) is 0.842. The fourth-order valence-electron chi connectivity index (χ4n) is 4.12. The molecule has 0 fully saturated rings. The number of rotatable bonds is 9. The lowest BCUT2D eigenvalue weighted by molar-refractivity contribution is -0.161. The molecule has 0 aliphatic carbocycles. The van der Waals surface area contributed by atoms with Gasteiger partial charge in [-0.3, -0.25) is 0 Å². The summed E-state index contributed by atoms with van der Waals surface area (Å²) in [6.07, 6.45) is 3.50. The molecule has 172 valence electrons. The minimum atomic E-state index is -0.533. The molecule has 0 saturated carbocycles. The van der Waals surface area contributed by atoms with Crippen LogP contribution in [0.1, 0.15) is 43.6 Å². The number of nitrogens with one attached hydrogen (secondary N) is 1. The molecule has 2 unspecified atom stereocenters. The number of fused-ring (bicyclic) bond motifs is 1. The summed E-state index contributed by atoms with van der Waals surface area (Å²) < 4.78 is 19.2. The van der Waals surface area contributed by atoms with E-state index in [9.17, 15) is 0 Å². The second-order valence-electron chi connectivity index (χ2n) is 8.84. The van der Waals surface area contributed by atoms with Crippen molar-refractivity contribution in [2.45, 2.75) is 51.7 Å². The van der Waals surface area contributed by atoms with Gasteiger partial charge in [0.05, 0.1) is 13.2 Å². The third kappa shape index (κ3) is 5.84. The maximum Gasteiger partial charge on any atom is 0.132 e. The van der Waals surface area contributed by atoms with Crippen molar-refractivity contribution in [3.63, 3.8) is 0 Å². The van der Waals surface area contributed by atoms with Gasteiger partial charge in [0.25, 0.3) is 0 Å². The Morgan fingerprint density at radius 2 is 1.61 bits per heavy atom. The van der Waals surface area contributed by atoms with Gasteiger partial charge in [-0.25, -0.2) is 0 Å². The van der Waals surface area contributed by atoms with Crippen LogP contribution < -0.4 is 10.1 Å². The Morgan fingerprint density at radius 1 is 0.909 bits per heavy atom. The second-order valence-corrected chi connectivity index (χ2v) is 8.84. The molecule has 33 heavy (non-hydrogen) atoms. The van der Waals surface area contributed by atoms with Crippen molar-refractivity contribution < 1.29 is 14.2 Å². The number of benzene rings is 3. The van der Waals surface area contributed by atoms with Crippen molar-refractivity contribution >= 4 is 5.69 Å². The first-order valence-electron chi connectivity index (χ1n) is 11.6. The van der Waals surface area contributed by atoms with E-state index in [0.717, 1.165) is 29.1 Å². The summed E-state index contributed by atoms with van der Waals surface area (Å²) in [5.41, 5.74) is 3.87. The normalized spacial score (nSPS) is 19.1. The van der Waals surface area contributed by atoms with E-state index in [2.05, 4.69) is 67.7 Å². The monoisotopic (exact) mass is 443 g/mol. The smallest absolute Gasteiger partial charge is 0.132 e. The van der Waals surface area contributed by atoms with Gasteiger partial charge >= 0.3 is 0 Å². The standard InChI is InChI=1S/C29H33NO3/c1-4-5-18-31-28-27(32-21-23-14-10-7-11-15-23)25-19-24(16-17-26(25)33-29(28,2)3)30-20-22-12-8-6-9-13-22/h4-17,19,27-28,30H,18,20-21H2,1-3H3. The highest BCUT2D eigenvalue weighted by molar-refractivity contribution is 5.54. The van der Waals surface area contributed by atoms with E-state index in [0.29, 0.717) is 13.2 Å². The van der Waals surface area contributed by atoms with Gasteiger partial charge in [-0.2, -0.15) is 0 Å². The first-order valence-corrected chi connectivity index (χ1v) is 11.6. The maximum atomic E-state index is 6.54. The van der Waals surface area contributed by atoms with Crippen molar-refractivity contribution in [2.75, 3.05) is 11.9 Å². The zero-order valence-electron chi connectivity index (χ0n) is 19.7. The number of allylic oxidation sites excluding steroid dienone is 1. The van der Waals surface area contributed by atoms with Crippen molar-refractivity contribution in [2.24, 2.45) is 0 Å². The van der Waals surface area contributed by atoms with E-state index in [4.69, 9.17) is 14.2 Å². The Hall–Kier alpha value is -3.08. The van der Waals surface area contributed by atoms with E-state index in [1.165, 1.54) is 5.56 Å². The summed E-state index contributed by atoms with van der Waals surface area (Å²) in [6.45, 7) is 7.90. The third-order valence-electron chi connectivity index (χ3n) is 5.87. The molecule has 2 atom stereocenters. The average molecular weight is 444 g/mol. The quantitative estimate of drug-likeness (QED) is 0.374. The van der Waals surface area contributed by atoms with Gasteiger partial charge in [0, 0.05) is 17.8 Å². The lowest BCUT2D eigenvalue weighted by Crippen LogP contribution is -2.51. The number of anilines is 1. The first-order chi connectivity index (χ1) is 16.1. The van der Waals surface area contributed by atoms with Crippen molar-refractivity contribution in [1.82, 2.24) is 0 Å². The van der Waals surface area contributed by atoms with Gasteiger partial charge < -0.3 is 19.5 Å². The topological polar surface area (TPSA) is 39.7 Å². The van der Waals surface area contributed by atoms with Gasteiger partial charge in [0.2, 0.25) is 0 Å². The molecule has 4 rings (SSSR count). The fourth-order valence-corrected chi connectivity index (χ4v) is 4.12. The molecule has 0 bridgehead atoms. The van der Waals surface area contributed by atoms with Crippen LogP contribution in [0.5, 0.6) is 5.75 Å². The number of ether oxygens (including phenoxy) is 3. The highest BCUT2D eigenvalue weighted by Crippen LogP contribution is 2.44. The number of hydrogen-bond acceptors (Lipinski definition) is 4. The minimum absolute atomic E-state index is 0.255. The van der Waals surface area contributed by atoms with Gasteiger partial charge in [0.1, 0.15) is 23.6 Å². The number of hydrogen-bond donors (Lipinski definition) is 1. The molecule has 1 heterocycles. The van der Waals surface area contributed by atoms with Crippen LogP contribution in [0.15, 0.2) is 91.0 Å². The van der Waals surface area contributed by atoms with Crippen LogP contribution in [0.3, 0.4) is 0 Å². The Bertz CT molecular complexity index is 1050. The summed E-state index contributed by atoms with van der Waals surface area (Å²) in [4.78, 5) is 0. The summed E-state index contributed by atoms with van der Waals surface area (Å²) in [6, 6.07) is 26.9. The SMILES string of the molecule is CC=CCOC1C(OCc2ccccc2)c2cc(NCc3ccccc3)ccc2OC1(C)C. The summed E-state index contributed by atoms with van der Waals surface area (Å²) in [5, 5.41) is 3.53. The fraction of sp³-hybridized carbons (Fsp3) is 0.310. The van der Waals surface area contributed by atoms with Crippen molar-refractivity contribution in [3.05, 3.63) is 108 Å². The van der Waals surface area contributed by atoms with Gasteiger partial charge in [-0.15, -0.1) is 0 Å². The zero-order chi connectivity index (χ0) is 23.1. The molecule has 4 nitrogen and oxygen atoms in total. The molecule has 4 heteroatoms. The molecular formula is C29H33NO3. The van der Waals surface area contributed by atoms with Crippen LogP contribution in [-0.4, -0.2) is 18.3 Å². The van der Waals surface area contributed by atoms with Gasteiger partial charge in [0.15, 0.2) is 0 Å². The van der Waals surface area contributed by atoms with Crippen LogP contribution in [0.25, 0.3) is 0 Å². The van der Waals surface area contributed by atoms with E-state index in [1.54, 1.807) is 0 Å². The van der Waals surface area contributed by atoms with E-state index in [-0.39, 0.29) is 12.2 Å². The molecule has 1 N–H and O–H groups in total. The largest absolute Gasteiger partial charge is 0.485 e. The average Bonchev–Trinajstić information content (AvgIpc) is 2.83. The Morgan fingerprint density at radius 3 is 2.30 bits per heavy atom. The summed E-state index contributed by atoms with van der Waals surface area (Å²) >= 11 is 0. The molecule has 3 aromatic rings. The predicted molar refractivity (Wildman–Crippen MR) is 133 cm³/mol. The molecular weight excluding hydrogens is 410 g/mol. The Balaban J connectivity index is 1.61. The molecule has 1 aliphatic rings. The highest BCUT2D eigenvalue weighted by atomic mass is 16.6. The second kappa shape index (κ2) is 10.7. The van der Waals surface area contributed by atoms with Crippen LogP contribution in [0.4, 0.5) is 5.69 Å². The molecule has 0 saturated heterocycles. The third-order valence-corrected chi connectivity index (χ3v) is 5.87. The first kappa shape index (κ1) is 23.1. The van der Waals surface area contributed by atoms with Crippen LogP contribution in [-0.2, 0) is 22.6 Å². The van der Waals surface area contributed by atoms with Crippen LogP contribution >= 0.6 is 0 Å². The molecule has 0 aromatic heterocycles. The van der Waals surface area contributed by atoms with E-state index < -0.39 is 5.60 Å². The predicted octanol–water partition coefficient (Wildman–Crippen LogP) is 6.69. The Kier molecular flexibility index (Phi) is 7.48. The van der Waals surface area contributed by atoms with Gasteiger partial charge in [-0.05, 0) is 50.1 Å². The van der Waals surface area contributed by atoms with Gasteiger partial charge in [-0.1, -0.05) is 72.8 Å². The lowest BCUT2D eigenvalue weighted by atomic mass is 9.87. The van der Waals surface area contributed by atoms with Crippen LogP contribution in [0, 0.1) is 0 Å². The maximum absolute atomic E-state index is 6.54. The Labute approximate surface area is 197 Å². The van der Waals surface area contributed by atoms with E-state index in [1.807, 2.05) is 49.4 Å². The minimum Gasteiger partial charge on any atom is -0.485 e. The van der Waals surface area contributed by atoms with Crippen LogP contribution in [0.2, 0.25) is 0 Å².